The van der Waals surface area contributed by atoms with Gasteiger partial charge in [0.05, 0.1) is 16.0 Å². The Morgan fingerprint density at radius 1 is 1.17 bits per heavy atom. The van der Waals surface area contributed by atoms with Gasteiger partial charge in [-0.1, -0.05) is 54.1 Å². The van der Waals surface area contributed by atoms with Crippen molar-refractivity contribution >= 4 is 16.9 Å². The third kappa shape index (κ3) is 6.74. The van der Waals surface area contributed by atoms with Gasteiger partial charge in [0.1, 0.15) is 12.6 Å². The molecule has 1 amide bonds. The lowest BCUT2D eigenvalue weighted by Gasteiger charge is -2.28. The van der Waals surface area contributed by atoms with Crippen molar-refractivity contribution in [2.45, 2.75) is 42.3 Å². The maximum Gasteiger partial charge on any atom is 0.409 e. The number of benzene rings is 2. The van der Waals surface area contributed by atoms with Gasteiger partial charge in [-0.2, -0.15) is 13.2 Å². The molecular formula is C21H22F3NO3S. The second-order valence-electron chi connectivity index (χ2n) is 6.40. The highest BCUT2D eigenvalue weighted by Crippen LogP contribution is 2.29. The number of amides is 1. The zero-order valence-corrected chi connectivity index (χ0v) is 16.6. The Balaban J connectivity index is 2.18. The first-order valence-corrected chi connectivity index (χ1v) is 10.1. The number of hydrogen-bond donors (Lipinski definition) is 1. The molecule has 0 fully saturated rings. The molecule has 1 unspecified atom stereocenters. The van der Waals surface area contributed by atoms with Crippen molar-refractivity contribution in [3.05, 3.63) is 78.4 Å². The van der Waals surface area contributed by atoms with Crippen LogP contribution in [-0.2, 0) is 22.1 Å². The number of aryl methyl sites for hydroxylation is 1. The first-order valence-electron chi connectivity index (χ1n) is 8.84. The van der Waals surface area contributed by atoms with Crippen LogP contribution >= 0.6 is 0 Å². The monoisotopic (exact) mass is 425 g/mol. The number of carbonyl (C=O) groups excluding carboxylic acids is 1. The number of alkyl carbamates (subject to hydrolysis) is 1. The molecule has 4 nitrogen and oxygen atoms in total. The minimum Gasteiger partial charge on any atom is -0.445 e. The predicted molar refractivity (Wildman–Crippen MR) is 106 cm³/mol. The van der Waals surface area contributed by atoms with Gasteiger partial charge in [0.2, 0.25) is 0 Å². The fourth-order valence-electron chi connectivity index (χ4n) is 2.64. The van der Waals surface area contributed by atoms with Crippen molar-refractivity contribution < 1.29 is 26.9 Å². The van der Waals surface area contributed by atoms with E-state index in [1.807, 2.05) is 12.2 Å². The molecular weight excluding hydrogens is 403 g/mol. The Bertz CT molecular complexity index is 838. The summed E-state index contributed by atoms with van der Waals surface area (Å²) >= 11 is 0. The fraction of sp³-hybridized carbons (Fsp3) is 0.286. The second-order valence-corrected chi connectivity index (χ2v) is 8.07. The number of rotatable bonds is 8. The van der Waals surface area contributed by atoms with Crippen molar-refractivity contribution in [3.63, 3.8) is 0 Å². The predicted octanol–water partition coefficient (Wildman–Crippen LogP) is 4.90. The van der Waals surface area contributed by atoms with E-state index in [0.29, 0.717) is 5.56 Å². The fourth-order valence-corrected chi connectivity index (χ4v) is 4.17. The number of hydrogen-bond acceptors (Lipinski definition) is 3. The number of nitrogens with one attached hydrogen (secondary N) is 1. The van der Waals surface area contributed by atoms with Crippen molar-refractivity contribution in [3.8, 4) is 0 Å². The Hall–Kier alpha value is -2.61. The van der Waals surface area contributed by atoms with Crippen LogP contribution in [0.1, 0.15) is 17.5 Å². The topological polar surface area (TPSA) is 55.4 Å². The summed E-state index contributed by atoms with van der Waals surface area (Å²) in [5.74, 6) is 0. The Kier molecular flexibility index (Phi) is 8.01. The molecule has 0 aromatic heterocycles. The van der Waals surface area contributed by atoms with Gasteiger partial charge in [0.15, 0.2) is 0 Å². The molecule has 0 spiro atoms. The molecule has 0 saturated heterocycles. The van der Waals surface area contributed by atoms with Crippen molar-refractivity contribution in [1.29, 1.82) is 0 Å². The maximum absolute atomic E-state index is 13.7. The quantitative estimate of drug-likeness (QED) is 0.612. The largest absolute Gasteiger partial charge is 0.445 e. The van der Waals surface area contributed by atoms with E-state index in [1.165, 1.54) is 18.2 Å². The zero-order chi connectivity index (χ0) is 21.4. The van der Waals surface area contributed by atoms with E-state index in [-0.39, 0.29) is 17.9 Å². The molecule has 2 aromatic carbocycles. The summed E-state index contributed by atoms with van der Waals surface area (Å²) in [4.78, 5) is 12.3. The molecule has 1 N–H and O–H groups in total. The van der Waals surface area contributed by atoms with E-state index in [0.717, 1.165) is 5.56 Å². The van der Waals surface area contributed by atoms with E-state index < -0.39 is 34.4 Å². The Morgan fingerprint density at radius 3 is 2.34 bits per heavy atom. The van der Waals surface area contributed by atoms with Gasteiger partial charge in [-0.05, 0) is 31.0 Å². The van der Waals surface area contributed by atoms with Crippen molar-refractivity contribution in [2.75, 3.05) is 0 Å². The summed E-state index contributed by atoms with van der Waals surface area (Å²) in [5, 5.41) is 0.402. The van der Waals surface area contributed by atoms with Gasteiger partial charge in [-0.15, -0.1) is 6.58 Å². The minimum atomic E-state index is -4.82. The number of alkyl halides is 3. The van der Waals surface area contributed by atoms with Crippen molar-refractivity contribution in [1.82, 2.24) is 5.32 Å². The molecule has 3 atom stereocenters. The molecule has 0 heterocycles. The van der Waals surface area contributed by atoms with Crippen LogP contribution < -0.4 is 5.32 Å². The molecule has 8 heteroatoms. The second kappa shape index (κ2) is 10.2. The van der Waals surface area contributed by atoms with Crippen LogP contribution in [0.5, 0.6) is 0 Å². The van der Waals surface area contributed by atoms with Gasteiger partial charge < -0.3 is 10.1 Å². The van der Waals surface area contributed by atoms with Crippen LogP contribution in [-0.4, -0.2) is 27.8 Å². The highest BCUT2D eigenvalue weighted by molar-refractivity contribution is 7.85. The standard InChI is InChI=1S/C21H22F3NO3S/c1-3-7-18(29(27)17-12-10-15(2)11-13-17)19(21(22,23)24)25-20(26)28-14-16-8-5-4-6-9-16/h3-6,8-13,18-19H,1,7,14H2,2H3,(H,25,26)/t18-,19+,29?/m1/s1. The molecule has 0 aliphatic rings. The number of halogens is 3. The third-order valence-electron chi connectivity index (χ3n) is 4.14. The normalized spacial score (nSPS) is 14.5. The van der Waals surface area contributed by atoms with Crippen LogP contribution in [0.2, 0.25) is 0 Å². The van der Waals surface area contributed by atoms with E-state index in [2.05, 4.69) is 6.58 Å². The van der Waals surface area contributed by atoms with Crippen LogP contribution in [0.25, 0.3) is 0 Å². The molecule has 29 heavy (non-hydrogen) atoms. The molecule has 0 bridgehead atoms. The first-order chi connectivity index (χ1) is 13.7. The zero-order valence-electron chi connectivity index (χ0n) is 15.8. The number of carbonyl (C=O) groups is 1. The van der Waals surface area contributed by atoms with Gasteiger partial charge in [-0.25, -0.2) is 4.79 Å². The van der Waals surface area contributed by atoms with Crippen LogP contribution in [0, 0.1) is 6.92 Å². The molecule has 2 aromatic rings. The van der Waals surface area contributed by atoms with Crippen molar-refractivity contribution in [2.24, 2.45) is 0 Å². The summed E-state index contributed by atoms with van der Waals surface area (Å²) in [5.41, 5.74) is 1.53. The lowest BCUT2D eigenvalue weighted by molar-refractivity contribution is -0.154. The average molecular weight is 425 g/mol. The molecule has 0 saturated carbocycles. The minimum absolute atomic E-state index is 0.176. The first kappa shape index (κ1) is 22.7. The van der Waals surface area contributed by atoms with E-state index in [4.69, 9.17) is 4.74 Å². The number of allylic oxidation sites excluding steroid dienone is 1. The Labute approximate surface area is 170 Å². The molecule has 0 aliphatic carbocycles. The van der Waals surface area contributed by atoms with Crippen LogP contribution in [0.4, 0.5) is 18.0 Å². The van der Waals surface area contributed by atoms with E-state index in [9.17, 15) is 22.2 Å². The lowest BCUT2D eigenvalue weighted by atomic mass is 10.1. The van der Waals surface area contributed by atoms with Crippen LogP contribution in [0.3, 0.4) is 0 Å². The van der Waals surface area contributed by atoms with Gasteiger partial charge in [0.25, 0.3) is 0 Å². The third-order valence-corrected chi connectivity index (χ3v) is 5.89. The summed E-state index contributed by atoms with van der Waals surface area (Å²) in [7, 11) is -2.02. The highest BCUT2D eigenvalue weighted by atomic mass is 32.2. The average Bonchev–Trinajstić information content (AvgIpc) is 2.69. The Morgan fingerprint density at radius 2 is 1.79 bits per heavy atom. The summed E-state index contributed by atoms with van der Waals surface area (Å²) in [6.45, 7) is 5.10. The maximum atomic E-state index is 13.7. The molecule has 2 rings (SSSR count). The molecule has 0 radical (unpaired) electrons. The molecule has 156 valence electrons. The SMILES string of the molecule is C=CC[C@H]([C@H](NC(=O)OCc1ccccc1)C(F)(F)F)S(=O)c1ccc(C)cc1. The van der Waals surface area contributed by atoms with Gasteiger partial charge in [-0.3, -0.25) is 4.21 Å². The summed E-state index contributed by atoms with van der Waals surface area (Å²) < 4.78 is 58.9. The summed E-state index contributed by atoms with van der Waals surface area (Å²) in [6.07, 6.45) is -5.00. The molecule has 0 aliphatic heterocycles. The number of ether oxygens (including phenoxy) is 1. The van der Waals surface area contributed by atoms with E-state index in [1.54, 1.807) is 42.5 Å². The van der Waals surface area contributed by atoms with Gasteiger partial charge in [0, 0.05) is 4.90 Å². The van der Waals surface area contributed by atoms with Gasteiger partial charge >= 0.3 is 12.3 Å². The van der Waals surface area contributed by atoms with E-state index >= 15 is 0 Å². The summed E-state index contributed by atoms with van der Waals surface area (Å²) in [6, 6.07) is 12.6. The highest BCUT2D eigenvalue weighted by Gasteiger charge is 2.48. The van der Waals surface area contributed by atoms with Crippen LogP contribution in [0.15, 0.2) is 72.1 Å². The smallest absolute Gasteiger partial charge is 0.409 e. The lowest BCUT2D eigenvalue weighted by Crippen LogP contribution is -2.54.